The van der Waals surface area contributed by atoms with Gasteiger partial charge in [0.1, 0.15) is 5.82 Å². The highest BCUT2D eigenvalue weighted by molar-refractivity contribution is 5.96. The highest BCUT2D eigenvalue weighted by Crippen LogP contribution is 2.07. The van der Waals surface area contributed by atoms with Gasteiger partial charge in [-0.15, -0.1) is 0 Å². The van der Waals surface area contributed by atoms with Gasteiger partial charge in [0.05, 0.1) is 0 Å². The predicted octanol–water partition coefficient (Wildman–Crippen LogP) is 1.34. The molecule has 0 bridgehead atoms. The molecule has 0 atom stereocenters. The van der Waals surface area contributed by atoms with Crippen LogP contribution in [0.3, 0.4) is 0 Å². The summed E-state index contributed by atoms with van der Waals surface area (Å²) in [5.74, 6) is 0.617. The van der Waals surface area contributed by atoms with Crippen LogP contribution in [-0.2, 0) is 6.54 Å². The summed E-state index contributed by atoms with van der Waals surface area (Å²) in [5.41, 5.74) is 7.14. The fourth-order valence-corrected chi connectivity index (χ4v) is 1.52. The Morgan fingerprint density at radius 1 is 1.38 bits per heavy atom. The standard InChI is InChI=1S/C12H13N3O/c1-9-14-6-7-15(9)12(16)11-4-2-10(8-13)3-5-11/h2-7H,8,13H2,1H3. The SMILES string of the molecule is Cc1nccn1C(=O)c1ccc(CN)cc1. The number of hydrogen-bond donors (Lipinski definition) is 1. The molecule has 0 spiro atoms. The van der Waals surface area contributed by atoms with Crippen LogP contribution < -0.4 is 5.73 Å². The molecule has 82 valence electrons. The smallest absolute Gasteiger partial charge is 0.263 e. The minimum atomic E-state index is -0.0708. The first-order valence-corrected chi connectivity index (χ1v) is 5.06. The van der Waals surface area contributed by atoms with Crippen molar-refractivity contribution < 1.29 is 4.79 Å². The molecular formula is C12H13N3O. The molecule has 1 aromatic carbocycles. The summed E-state index contributed by atoms with van der Waals surface area (Å²) in [7, 11) is 0. The average Bonchev–Trinajstić information content (AvgIpc) is 2.75. The first kappa shape index (κ1) is 10.6. The molecule has 0 fully saturated rings. The second-order valence-corrected chi connectivity index (χ2v) is 3.55. The van der Waals surface area contributed by atoms with Gasteiger partial charge in [-0.25, -0.2) is 4.98 Å². The molecule has 1 aromatic heterocycles. The third-order valence-corrected chi connectivity index (χ3v) is 2.48. The molecule has 0 aliphatic carbocycles. The van der Waals surface area contributed by atoms with E-state index in [0.717, 1.165) is 5.56 Å². The van der Waals surface area contributed by atoms with Crippen molar-refractivity contribution in [3.05, 3.63) is 53.6 Å². The minimum absolute atomic E-state index is 0.0708. The molecule has 0 unspecified atom stereocenters. The first-order valence-electron chi connectivity index (χ1n) is 5.06. The molecule has 2 rings (SSSR count). The highest BCUT2D eigenvalue weighted by Gasteiger charge is 2.09. The van der Waals surface area contributed by atoms with Crippen LogP contribution in [0.2, 0.25) is 0 Å². The lowest BCUT2D eigenvalue weighted by atomic mass is 10.1. The molecule has 0 aliphatic heterocycles. The van der Waals surface area contributed by atoms with E-state index in [1.165, 1.54) is 4.57 Å². The van der Waals surface area contributed by atoms with Crippen molar-refractivity contribution in [1.29, 1.82) is 0 Å². The maximum absolute atomic E-state index is 12.0. The molecule has 4 nitrogen and oxygen atoms in total. The number of aryl methyl sites for hydroxylation is 1. The lowest BCUT2D eigenvalue weighted by Gasteiger charge is -2.04. The zero-order valence-electron chi connectivity index (χ0n) is 9.05. The highest BCUT2D eigenvalue weighted by atomic mass is 16.2. The van der Waals surface area contributed by atoms with E-state index in [4.69, 9.17) is 5.73 Å². The Morgan fingerprint density at radius 3 is 2.56 bits per heavy atom. The number of carbonyl (C=O) groups is 1. The molecule has 2 N–H and O–H groups in total. The van der Waals surface area contributed by atoms with Gasteiger partial charge in [0.2, 0.25) is 0 Å². The summed E-state index contributed by atoms with van der Waals surface area (Å²) in [4.78, 5) is 16.0. The Hall–Kier alpha value is -1.94. The van der Waals surface area contributed by atoms with Crippen molar-refractivity contribution >= 4 is 5.91 Å². The van der Waals surface area contributed by atoms with Gasteiger partial charge in [0, 0.05) is 24.5 Å². The Balaban J connectivity index is 2.31. The van der Waals surface area contributed by atoms with Crippen LogP contribution in [0, 0.1) is 6.92 Å². The monoisotopic (exact) mass is 215 g/mol. The van der Waals surface area contributed by atoms with Gasteiger partial charge in [0.15, 0.2) is 0 Å². The maximum Gasteiger partial charge on any atom is 0.263 e. The topological polar surface area (TPSA) is 60.9 Å². The molecule has 0 saturated heterocycles. The number of nitrogens with two attached hydrogens (primary N) is 1. The normalized spacial score (nSPS) is 10.4. The summed E-state index contributed by atoms with van der Waals surface area (Å²) in [6.45, 7) is 2.28. The number of carbonyl (C=O) groups excluding carboxylic acids is 1. The van der Waals surface area contributed by atoms with Crippen LogP contribution in [0.5, 0.6) is 0 Å². The van der Waals surface area contributed by atoms with Crippen molar-refractivity contribution in [3.63, 3.8) is 0 Å². The second kappa shape index (κ2) is 4.28. The lowest BCUT2D eigenvalue weighted by Crippen LogP contribution is -2.12. The van der Waals surface area contributed by atoms with E-state index < -0.39 is 0 Å². The molecule has 4 heteroatoms. The fourth-order valence-electron chi connectivity index (χ4n) is 1.52. The van der Waals surface area contributed by atoms with Crippen molar-refractivity contribution in [1.82, 2.24) is 9.55 Å². The number of nitrogens with zero attached hydrogens (tertiary/aromatic N) is 2. The van der Waals surface area contributed by atoms with E-state index >= 15 is 0 Å². The molecule has 0 radical (unpaired) electrons. The number of benzene rings is 1. The fraction of sp³-hybridized carbons (Fsp3) is 0.167. The quantitative estimate of drug-likeness (QED) is 0.822. The van der Waals surface area contributed by atoms with Gasteiger partial charge >= 0.3 is 0 Å². The van der Waals surface area contributed by atoms with Crippen LogP contribution in [-0.4, -0.2) is 15.5 Å². The van der Waals surface area contributed by atoms with E-state index in [1.54, 1.807) is 31.5 Å². The van der Waals surface area contributed by atoms with Gasteiger partial charge in [-0.1, -0.05) is 12.1 Å². The van der Waals surface area contributed by atoms with E-state index in [9.17, 15) is 4.79 Å². The maximum atomic E-state index is 12.0. The zero-order chi connectivity index (χ0) is 11.5. The zero-order valence-corrected chi connectivity index (χ0v) is 9.05. The number of aromatic nitrogens is 2. The van der Waals surface area contributed by atoms with Crippen LogP contribution in [0.4, 0.5) is 0 Å². The van der Waals surface area contributed by atoms with E-state index in [0.29, 0.717) is 17.9 Å². The summed E-state index contributed by atoms with van der Waals surface area (Å²) in [5, 5.41) is 0. The van der Waals surface area contributed by atoms with Crippen molar-refractivity contribution in [3.8, 4) is 0 Å². The molecular weight excluding hydrogens is 202 g/mol. The van der Waals surface area contributed by atoms with E-state index in [2.05, 4.69) is 4.98 Å². The first-order chi connectivity index (χ1) is 7.72. The Bertz CT molecular complexity index is 499. The summed E-state index contributed by atoms with van der Waals surface area (Å²) < 4.78 is 1.53. The largest absolute Gasteiger partial charge is 0.326 e. The van der Waals surface area contributed by atoms with Crippen molar-refractivity contribution in [2.45, 2.75) is 13.5 Å². The van der Waals surface area contributed by atoms with E-state index in [1.807, 2.05) is 12.1 Å². The molecule has 0 aliphatic rings. The van der Waals surface area contributed by atoms with E-state index in [-0.39, 0.29) is 5.91 Å². The van der Waals surface area contributed by atoms with Crippen molar-refractivity contribution in [2.75, 3.05) is 0 Å². The molecule has 0 saturated carbocycles. The average molecular weight is 215 g/mol. The van der Waals surface area contributed by atoms with Crippen LogP contribution >= 0.6 is 0 Å². The minimum Gasteiger partial charge on any atom is -0.326 e. The molecule has 0 amide bonds. The third-order valence-electron chi connectivity index (χ3n) is 2.48. The van der Waals surface area contributed by atoms with Gasteiger partial charge in [-0.2, -0.15) is 0 Å². The number of imidazole rings is 1. The summed E-state index contributed by atoms with van der Waals surface area (Å²) in [6.07, 6.45) is 3.27. The van der Waals surface area contributed by atoms with Gasteiger partial charge < -0.3 is 5.73 Å². The van der Waals surface area contributed by atoms with Crippen LogP contribution in [0.25, 0.3) is 0 Å². The lowest BCUT2D eigenvalue weighted by molar-refractivity contribution is 0.0957. The van der Waals surface area contributed by atoms with Crippen LogP contribution in [0.15, 0.2) is 36.7 Å². The second-order valence-electron chi connectivity index (χ2n) is 3.55. The summed E-state index contributed by atoms with van der Waals surface area (Å²) >= 11 is 0. The van der Waals surface area contributed by atoms with Gasteiger partial charge in [-0.3, -0.25) is 9.36 Å². The van der Waals surface area contributed by atoms with Gasteiger partial charge in [-0.05, 0) is 24.6 Å². The molecule has 16 heavy (non-hydrogen) atoms. The van der Waals surface area contributed by atoms with Crippen molar-refractivity contribution in [2.24, 2.45) is 5.73 Å². The molecule has 2 aromatic rings. The van der Waals surface area contributed by atoms with Gasteiger partial charge in [0.25, 0.3) is 5.91 Å². The number of rotatable bonds is 2. The van der Waals surface area contributed by atoms with Crippen LogP contribution in [0.1, 0.15) is 21.7 Å². The Labute approximate surface area is 93.7 Å². The number of hydrogen-bond acceptors (Lipinski definition) is 3. The Morgan fingerprint density at radius 2 is 2.06 bits per heavy atom. The Kier molecular flexibility index (Phi) is 2.83. The molecule has 1 heterocycles. The predicted molar refractivity (Wildman–Crippen MR) is 61.0 cm³/mol. The summed E-state index contributed by atoms with van der Waals surface area (Å²) in [6, 6.07) is 7.28. The third kappa shape index (κ3) is 1.87.